The maximum atomic E-state index is 12.4. The predicted octanol–water partition coefficient (Wildman–Crippen LogP) is -0.133. The molecular weight excluding hydrogens is 326 g/mol. The van der Waals surface area contributed by atoms with Crippen LogP contribution in [0.25, 0.3) is 11.2 Å². The number of aromatic nitrogens is 4. The summed E-state index contributed by atoms with van der Waals surface area (Å²) in [6, 6.07) is 0. The first kappa shape index (κ1) is 18.9. The van der Waals surface area contributed by atoms with Gasteiger partial charge in [-0.05, 0) is 5.92 Å². The highest BCUT2D eigenvalue weighted by Crippen LogP contribution is 2.14. The largest absolute Gasteiger partial charge is 0.383 e. The Bertz CT molecular complexity index is 862. The first-order valence-electron chi connectivity index (χ1n) is 8.30. The van der Waals surface area contributed by atoms with E-state index in [9.17, 15) is 14.4 Å². The van der Waals surface area contributed by atoms with Crippen molar-refractivity contribution >= 4 is 17.1 Å². The van der Waals surface area contributed by atoms with Crippen molar-refractivity contribution in [2.75, 3.05) is 20.8 Å². The van der Waals surface area contributed by atoms with E-state index in [0.717, 1.165) is 0 Å². The third-order valence-corrected chi connectivity index (χ3v) is 3.89. The Morgan fingerprint density at radius 1 is 1.32 bits per heavy atom. The van der Waals surface area contributed by atoms with E-state index in [2.05, 4.69) is 15.3 Å². The number of carbonyl (C=O) groups excluding carboxylic acids is 1. The Balaban J connectivity index is 2.62. The van der Waals surface area contributed by atoms with Gasteiger partial charge in [0.25, 0.3) is 5.56 Å². The van der Waals surface area contributed by atoms with Crippen LogP contribution in [0.2, 0.25) is 0 Å². The molecule has 2 N–H and O–H groups in total. The molecule has 25 heavy (non-hydrogen) atoms. The van der Waals surface area contributed by atoms with Gasteiger partial charge in [0.15, 0.2) is 11.2 Å². The number of ether oxygens (including phenoxy) is 1. The maximum Gasteiger partial charge on any atom is 0.330 e. The summed E-state index contributed by atoms with van der Waals surface area (Å²) < 4.78 is 8.33. The number of hydrogen-bond acceptors (Lipinski definition) is 5. The second-order valence-corrected chi connectivity index (χ2v) is 6.28. The van der Waals surface area contributed by atoms with Gasteiger partial charge in [0.2, 0.25) is 5.91 Å². The zero-order valence-corrected chi connectivity index (χ0v) is 15.1. The Morgan fingerprint density at radius 3 is 2.64 bits per heavy atom. The highest BCUT2D eigenvalue weighted by Gasteiger charge is 2.19. The van der Waals surface area contributed by atoms with Gasteiger partial charge < -0.3 is 14.6 Å². The van der Waals surface area contributed by atoms with Crippen LogP contribution in [0.1, 0.15) is 26.1 Å². The van der Waals surface area contributed by atoms with Crippen LogP contribution in [0.5, 0.6) is 0 Å². The number of amides is 1. The maximum absolute atomic E-state index is 12.4. The number of rotatable bonds is 8. The van der Waals surface area contributed by atoms with Crippen molar-refractivity contribution in [3.05, 3.63) is 26.7 Å². The highest BCUT2D eigenvalue weighted by molar-refractivity contribution is 5.76. The van der Waals surface area contributed by atoms with E-state index in [-0.39, 0.29) is 18.2 Å². The van der Waals surface area contributed by atoms with Crippen LogP contribution in [0.15, 0.2) is 9.59 Å². The lowest BCUT2D eigenvalue weighted by Crippen LogP contribution is -2.32. The van der Waals surface area contributed by atoms with Gasteiger partial charge in [0.1, 0.15) is 5.82 Å². The van der Waals surface area contributed by atoms with Gasteiger partial charge in [-0.2, -0.15) is 0 Å². The minimum atomic E-state index is -0.477. The van der Waals surface area contributed by atoms with E-state index in [0.29, 0.717) is 43.1 Å². The topological polar surface area (TPSA) is 111 Å². The van der Waals surface area contributed by atoms with Crippen LogP contribution < -0.4 is 16.6 Å². The van der Waals surface area contributed by atoms with E-state index in [1.807, 2.05) is 13.8 Å². The monoisotopic (exact) mass is 351 g/mol. The smallest absolute Gasteiger partial charge is 0.330 e. The SMILES string of the molecule is CNC(=O)CCc1nc2c(c(=O)[nH]c(=O)n2CC(C)C)n1CCOC. The molecule has 138 valence electrons. The first-order chi connectivity index (χ1) is 11.9. The summed E-state index contributed by atoms with van der Waals surface area (Å²) in [6.45, 7) is 5.22. The zero-order chi connectivity index (χ0) is 18.6. The summed E-state index contributed by atoms with van der Waals surface area (Å²) in [5.74, 6) is 0.688. The molecular formula is C16H25N5O4. The summed E-state index contributed by atoms with van der Waals surface area (Å²) in [5, 5.41) is 2.57. The number of hydrogen-bond donors (Lipinski definition) is 2. The first-order valence-corrected chi connectivity index (χ1v) is 8.30. The van der Waals surface area contributed by atoms with Crippen LogP contribution in [0, 0.1) is 5.92 Å². The summed E-state index contributed by atoms with van der Waals surface area (Å²) in [7, 11) is 3.14. The average Bonchev–Trinajstić information content (AvgIpc) is 2.93. The number of imidazole rings is 1. The molecule has 0 aliphatic heterocycles. The molecule has 0 aromatic carbocycles. The van der Waals surface area contributed by atoms with Crippen molar-refractivity contribution < 1.29 is 9.53 Å². The summed E-state index contributed by atoms with van der Waals surface area (Å²) >= 11 is 0. The molecule has 0 saturated heterocycles. The molecule has 0 radical (unpaired) electrons. The van der Waals surface area contributed by atoms with E-state index in [1.54, 1.807) is 18.7 Å². The molecule has 0 bridgehead atoms. The van der Waals surface area contributed by atoms with E-state index < -0.39 is 11.2 Å². The van der Waals surface area contributed by atoms with Gasteiger partial charge in [-0.25, -0.2) is 9.78 Å². The second kappa shape index (κ2) is 8.11. The van der Waals surface area contributed by atoms with Gasteiger partial charge >= 0.3 is 5.69 Å². The lowest BCUT2D eigenvalue weighted by atomic mass is 10.2. The van der Waals surface area contributed by atoms with Gasteiger partial charge in [-0.1, -0.05) is 13.8 Å². The molecule has 0 atom stereocenters. The minimum Gasteiger partial charge on any atom is -0.383 e. The molecule has 2 aromatic rings. The fourth-order valence-electron chi connectivity index (χ4n) is 2.72. The number of fused-ring (bicyclic) bond motifs is 1. The van der Waals surface area contributed by atoms with Crippen molar-refractivity contribution in [2.24, 2.45) is 5.92 Å². The van der Waals surface area contributed by atoms with Gasteiger partial charge in [-0.15, -0.1) is 0 Å². The average molecular weight is 351 g/mol. The molecule has 0 aliphatic rings. The third kappa shape index (κ3) is 4.16. The van der Waals surface area contributed by atoms with Gasteiger partial charge in [0, 0.05) is 40.1 Å². The molecule has 0 unspecified atom stereocenters. The molecule has 0 spiro atoms. The number of carbonyl (C=O) groups is 1. The molecule has 0 fully saturated rings. The Kier molecular flexibility index (Phi) is 6.13. The molecule has 0 aliphatic carbocycles. The Morgan fingerprint density at radius 2 is 2.04 bits per heavy atom. The molecule has 1 amide bonds. The number of nitrogens with zero attached hydrogens (tertiary/aromatic N) is 3. The van der Waals surface area contributed by atoms with Crippen LogP contribution in [0.4, 0.5) is 0 Å². The highest BCUT2D eigenvalue weighted by atomic mass is 16.5. The van der Waals surface area contributed by atoms with Gasteiger partial charge in [0.05, 0.1) is 6.61 Å². The molecule has 2 rings (SSSR count). The van der Waals surface area contributed by atoms with E-state index >= 15 is 0 Å². The van der Waals surface area contributed by atoms with Crippen molar-refractivity contribution in [1.29, 1.82) is 0 Å². The number of aryl methyl sites for hydroxylation is 1. The molecule has 9 heteroatoms. The number of aromatic amines is 1. The molecule has 2 heterocycles. The minimum absolute atomic E-state index is 0.112. The van der Waals surface area contributed by atoms with E-state index in [4.69, 9.17) is 4.74 Å². The summed E-state index contributed by atoms with van der Waals surface area (Å²) in [4.78, 5) is 43.0. The fourth-order valence-corrected chi connectivity index (χ4v) is 2.72. The van der Waals surface area contributed by atoms with Crippen molar-refractivity contribution in [3.8, 4) is 0 Å². The summed E-state index contributed by atoms with van der Waals surface area (Å²) in [6.07, 6.45) is 0.618. The van der Waals surface area contributed by atoms with Crippen LogP contribution in [-0.2, 0) is 29.0 Å². The molecule has 2 aromatic heterocycles. The van der Waals surface area contributed by atoms with E-state index in [1.165, 1.54) is 4.57 Å². The van der Waals surface area contributed by atoms with Crippen LogP contribution in [0.3, 0.4) is 0 Å². The quantitative estimate of drug-likeness (QED) is 0.688. The lowest BCUT2D eigenvalue weighted by Gasteiger charge is -2.10. The normalized spacial score (nSPS) is 11.4. The van der Waals surface area contributed by atoms with Crippen molar-refractivity contribution in [2.45, 2.75) is 39.8 Å². The Hall–Kier alpha value is -2.42. The number of methoxy groups -OCH3 is 1. The van der Waals surface area contributed by atoms with Crippen molar-refractivity contribution in [3.63, 3.8) is 0 Å². The number of nitrogens with one attached hydrogen (secondary N) is 2. The fraction of sp³-hybridized carbons (Fsp3) is 0.625. The van der Waals surface area contributed by atoms with Crippen molar-refractivity contribution in [1.82, 2.24) is 24.4 Å². The molecule has 9 nitrogen and oxygen atoms in total. The molecule has 0 saturated carbocycles. The zero-order valence-electron chi connectivity index (χ0n) is 15.1. The van der Waals surface area contributed by atoms with Crippen LogP contribution in [-0.4, -0.2) is 45.8 Å². The lowest BCUT2D eigenvalue weighted by molar-refractivity contribution is -0.120. The second-order valence-electron chi connectivity index (χ2n) is 6.28. The number of H-pyrrole nitrogens is 1. The third-order valence-electron chi connectivity index (χ3n) is 3.89. The van der Waals surface area contributed by atoms with Crippen LogP contribution >= 0.6 is 0 Å². The Labute approximate surface area is 145 Å². The standard InChI is InChI=1S/C16H25N5O4/c1-10(2)9-21-14-13(15(23)19-16(21)24)20(7-8-25-4)11(18-14)5-6-12(22)17-3/h10H,5-9H2,1-4H3,(H,17,22)(H,19,23,24). The van der Waals surface area contributed by atoms with Gasteiger partial charge in [-0.3, -0.25) is 19.1 Å². The summed E-state index contributed by atoms with van der Waals surface area (Å²) in [5.41, 5.74) is -0.259. The predicted molar refractivity (Wildman–Crippen MR) is 93.7 cm³/mol.